The number of oxazole rings is 1. The first-order valence-corrected chi connectivity index (χ1v) is 9.36. The molecule has 0 fully saturated rings. The van der Waals surface area contributed by atoms with Crippen LogP contribution in [0.4, 0.5) is 22.0 Å². The van der Waals surface area contributed by atoms with Crippen molar-refractivity contribution in [3.8, 4) is 0 Å². The maximum absolute atomic E-state index is 13.5. The van der Waals surface area contributed by atoms with E-state index >= 15 is 0 Å². The van der Waals surface area contributed by atoms with Crippen LogP contribution in [0.3, 0.4) is 0 Å². The first-order chi connectivity index (χ1) is 15.3. The van der Waals surface area contributed by atoms with Crippen LogP contribution in [0, 0.1) is 0 Å². The van der Waals surface area contributed by atoms with Gasteiger partial charge in [0.1, 0.15) is 6.04 Å². The van der Waals surface area contributed by atoms with E-state index in [4.69, 9.17) is 4.42 Å². The summed E-state index contributed by atoms with van der Waals surface area (Å²) >= 11 is 0. The number of nitrogens with zero attached hydrogens (tertiary/aromatic N) is 5. The lowest BCUT2D eigenvalue weighted by Crippen LogP contribution is -2.41. The second-order valence-electron chi connectivity index (χ2n) is 7.10. The summed E-state index contributed by atoms with van der Waals surface area (Å²) in [5, 5.41) is 4.24. The molecule has 8 nitrogen and oxygen atoms in total. The summed E-state index contributed by atoms with van der Waals surface area (Å²) in [6.07, 6.45) is -3.85. The SMILES string of the molecule is O=C(c1ocnc1C(F)F)N1CCc2[nH]cnc2[C@H]1c1cc2c(C(F)(F)F)cccn2n1. The smallest absolute Gasteiger partial charge is 0.418 e. The number of carbonyl (C=O) groups excluding carboxylic acids is 1. The zero-order chi connectivity index (χ0) is 22.6. The summed E-state index contributed by atoms with van der Waals surface area (Å²) in [5.41, 5.74) is -0.793. The second-order valence-corrected chi connectivity index (χ2v) is 7.10. The minimum Gasteiger partial charge on any atom is -0.438 e. The highest BCUT2D eigenvalue weighted by Crippen LogP contribution is 2.38. The van der Waals surface area contributed by atoms with Crippen LogP contribution < -0.4 is 0 Å². The van der Waals surface area contributed by atoms with E-state index in [9.17, 15) is 26.7 Å². The molecule has 0 radical (unpaired) electrons. The maximum Gasteiger partial charge on any atom is 0.418 e. The Morgan fingerprint density at radius 3 is 2.84 bits per heavy atom. The molecule has 0 bridgehead atoms. The number of alkyl halides is 5. The fraction of sp³-hybridized carbons (Fsp3) is 0.263. The quantitative estimate of drug-likeness (QED) is 0.478. The topological polar surface area (TPSA) is 92.3 Å². The third kappa shape index (κ3) is 3.11. The predicted octanol–water partition coefficient (Wildman–Crippen LogP) is 3.79. The molecule has 1 aliphatic heterocycles. The number of rotatable bonds is 3. The van der Waals surface area contributed by atoms with E-state index in [1.54, 1.807) is 0 Å². The fourth-order valence-electron chi connectivity index (χ4n) is 3.90. The fourth-order valence-corrected chi connectivity index (χ4v) is 3.90. The highest BCUT2D eigenvalue weighted by atomic mass is 19.4. The van der Waals surface area contributed by atoms with Gasteiger partial charge in [-0.25, -0.2) is 23.3 Å². The normalized spacial score (nSPS) is 16.7. The number of pyridine rings is 1. The number of aromatic amines is 1. The average molecular weight is 452 g/mol. The Morgan fingerprint density at radius 2 is 2.09 bits per heavy atom. The Balaban J connectivity index is 1.64. The summed E-state index contributed by atoms with van der Waals surface area (Å²) < 4.78 is 72.9. The number of H-pyrrole nitrogens is 1. The van der Waals surface area contributed by atoms with E-state index in [-0.39, 0.29) is 17.8 Å². The summed E-state index contributed by atoms with van der Waals surface area (Å²) in [7, 11) is 0. The van der Waals surface area contributed by atoms with Crippen molar-refractivity contribution in [3.63, 3.8) is 0 Å². The number of hydrogen-bond donors (Lipinski definition) is 1. The minimum absolute atomic E-state index is 0.0715. The molecule has 13 heteroatoms. The molecule has 0 saturated heterocycles. The van der Waals surface area contributed by atoms with E-state index in [0.717, 1.165) is 17.0 Å². The zero-order valence-electron chi connectivity index (χ0n) is 16.0. The molecule has 0 spiro atoms. The van der Waals surface area contributed by atoms with E-state index in [0.29, 0.717) is 17.8 Å². The van der Waals surface area contributed by atoms with Crippen molar-refractivity contribution in [1.82, 2.24) is 29.5 Å². The third-order valence-corrected chi connectivity index (χ3v) is 5.29. The molecule has 1 aliphatic rings. The van der Waals surface area contributed by atoms with Crippen LogP contribution in [0.2, 0.25) is 0 Å². The van der Waals surface area contributed by atoms with Crippen LogP contribution in [-0.2, 0) is 12.6 Å². The predicted molar refractivity (Wildman–Crippen MR) is 96.8 cm³/mol. The number of hydrogen-bond acceptors (Lipinski definition) is 5. The summed E-state index contributed by atoms with van der Waals surface area (Å²) in [4.78, 5) is 24.9. The first-order valence-electron chi connectivity index (χ1n) is 9.36. The lowest BCUT2D eigenvalue weighted by molar-refractivity contribution is -0.136. The van der Waals surface area contributed by atoms with Crippen molar-refractivity contribution >= 4 is 11.4 Å². The molecule has 0 saturated carbocycles. The van der Waals surface area contributed by atoms with E-state index in [2.05, 4.69) is 20.1 Å². The Bertz CT molecular complexity index is 1310. The number of amides is 1. The molecule has 1 N–H and O–H groups in total. The average Bonchev–Trinajstić information content (AvgIpc) is 3.49. The van der Waals surface area contributed by atoms with Crippen LogP contribution in [0.25, 0.3) is 5.52 Å². The van der Waals surface area contributed by atoms with Gasteiger partial charge < -0.3 is 14.3 Å². The van der Waals surface area contributed by atoms with Gasteiger partial charge in [-0.1, -0.05) is 0 Å². The molecule has 4 aromatic heterocycles. The largest absolute Gasteiger partial charge is 0.438 e. The van der Waals surface area contributed by atoms with E-state index in [1.165, 1.54) is 29.6 Å². The molecule has 32 heavy (non-hydrogen) atoms. The number of nitrogens with one attached hydrogen (secondary N) is 1. The Kier molecular flexibility index (Phi) is 4.50. The van der Waals surface area contributed by atoms with Gasteiger partial charge in [0.15, 0.2) is 12.1 Å². The molecule has 1 amide bonds. The molecule has 0 aliphatic carbocycles. The van der Waals surface area contributed by atoms with Crippen molar-refractivity contribution in [2.45, 2.75) is 25.1 Å². The van der Waals surface area contributed by atoms with Gasteiger partial charge in [-0.05, 0) is 18.2 Å². The van der Waals surface area contributed by atoms with Gasteiger partial charge in [0.25, 0.3) is 12.3 Å². The molecule has 0 unspecified atom stereocenters. The molecular weight excluding hydrogens is 439 g/mol. The van der Waals surface area contributed by atoms with Gasteiger partial charge in [0, 0.05) is 24.9 Å². The molecular formula is C19H13F5N6O2. The summed E-state index contributed by atoms with van der Waals surface area (Å²) in [5.74, 6) is -1.52. The number of halogens is 5. The van der Waals surface area contributed by atoms with Crippen LogP contribution in [0.5, 0.6) is 0 Å². The van der Waals surface area contributed by atoms with Gasteiger partial charge in [0.05, 0.1) is 28.8 Å². The zero-order valence-corrected chi connectivity index (χ0v) is 16.0. The monoisotopic (exact) mass is 452 g/mol. The molecule has 5 heterocycles. The number of carbonyl (C=O) groups is 1. The van der Waals surface area contributed by atoms with Gasteiger partial charge >= 0.3 is 6.18 Å². The van der Waals surface area contributed by atoms with Crippen LogP contribution in [0.15, 0.2) is 41.5 Å². The highest BCUT2D eigenvalue weighted by molar-refractivity contribution is 5.93. The maximum atomic E-state index is 13.5. The van der Waals surface area contributed by atoms with Gasteiger partial charge in [-0.2, -0.15) is 18.3 Å². The van der Waals surface area contributed by atoms with Crippen molar-refractivity contribution in [2.75, 3.05) is 6.54 Å². The Hall–Kier alpha value is -3.77. The number of aromatic nitrogens is 5. The summed E-state index contributed by atoms with van der Waals surface area (Å²) in [6.45, 7) is 0.0715. The van der Waals surface area contributed by atoms with Crippen molar-refractivity contribution in [2.24, 2.45) is 0 Å². The molecule has 166 valence electrons. The minimum atomic E-state index is -4.62. The van der Waals surface area contributed by atoms with E-state index < -0.39 is 41.6 Å². The first kappa shape index (κ1) is 20.2. The number of imidazole rings is 1. The second kappa shape index (κ2) is 7.14. The number of fused-ring (bicyclic) bond motifs is 2. The Morgan fingerprint density at radius 1 is 1.28 bits per heavy atom. The van der Waals surface area contributed by atoms with Crippen LogP contribution in [0.1, 0.15) is 51.4 Å². The lowest BCUT2D eigenvalue weighted by Gasteiger charge is -2.33. The van der Waals surface area contributed by atoms with Crippen molar-refractivity contribution in [3.05, 3.63) is 71.2 Å². The van der Waals surface area contributed by atoms with Gasteiger partial charge in [-0.3, -0.25) is 4.79 Å². The molecule has 0 aromatic carbocycles. The lowest BCUT2D eigenvalue weighted by atomic mass is 9.99. The van der Waals surface area contributed by atoms with E-state index in [1.807, 2.05) is 0 Å². The van der Waals surface area contributed by atoms with Crippen LogP contribution in [-0.4, -0.2) is 41.9 Å². The highest BCUT2D eigenvalue weighted by Gasteiger charge is 2.40. The summed E-state index contributed by atoms with van der Waals surface area (Å²) in [6, 6.07) is 2.33. The molecule has 5 rings (SSSR count). The van der Waals surface area contributed by atoms with Gasteiger partial charge in [0.2, 0.25) is 5.76 Å². The standard InChI is InChI=1S/C19H13F5N6O2/c20-17(21)14-16(32-8-27-14)18(31)29-5-3-10-13(26-7-25-10)15(29)11-6-12-9(19(22,23)24)2-1-4-30(12)28-11/h1-2,4,6-8,15,17H,3,5H2,(H,25,26)/t15-/m1/s1. The molecule has 1 atom stereocenters. The van der Waals surface area contributed by atoms with Crippen molar-refractivity contribution < 1.29 is 31.2 Å². The van der Waals surface area contributed by atoms with Gasteiger partial charge in [-0.15, -0.1) is 0 Å². The van der Waals surface area contributed by atoms with Crippen molar-refractivity contribution in [1.29, 1.82) is 0 Å². The third-order valence-electron chi connectivity index (χ3n) is 5.29. The Labute approximate surface area is 175 Å². The van der Waals surface area contributed by atoms with Crippen LogP contribution >= 0.6 is 0 Å². The molecule has 4 aromatic rings.